The quantitative estimate of drug-likeness (QED) is 0.540. The second-order valence-electron chi connectivity index (χ2n) is 2.89. The van der Waals surface area contributed by atoms with E-state index in [1.165, 1.54) is 0 Å². The highest BCUT2D eigenvalue weighted by Gasteiger charge is 2.38. The first kappa shape index (κ1) is 8.67. The number of urea groups is 1. The van der Waals surface area contributed by atoms with Crippen molar-refractivity contribution in [1.29, 1.82) is 0 Å². The van der Waals surface area contributed by atoms with Crippen LogP contribution in [0.3, 0.4) is 0 Å². The van der Waals surface area contributed by atoms with Crippen LogP contribution in [0.4, 0.5) is 4.79 Å². The minimum absolute atomic E-state index is 0.0324. The zero-order chi connectivity index (χ0) is 8.48. The maximum absolute atomic E-state index is 10.8. The van der Waals surface area contributed by atoms with Gasteiger partial charge in [0, 0.05) is 5.75 Å². The van der Waals surface area contributed by atoms with Gasteiger partial charge in [-0.15, -0.1) is 0 Å². The third kappa shape index (κ3) is 1.78. The highest BCUT2D eigenvalue weighted by molar-refractivity contribution is 7.98. The van der Waals surface area contributed by atoms with Crippen LogP contribution in [0.25, 0.3) is 0 Å². The zero-order valence-electron chi connectivity index (χ0n) is 6.68. The van der Waals surface area contributed by atoms with Gasteiger partial charge in [-0.1, -0.05) is 0 Å². The lowest BCUT2D eigenvalue weighted by atomic mass is 10.1. The SMILES string of the molecule is CSCC1NC(=O)NC1(C)N. The topological polar surface area (TPSA) is 67.2 Å². The molecule has 0 aromatic carbocycles. The number of nitrogens with two attached hydrogens (primary N) is 1. The summed E-state index contributed by atoms with van der Waals surface area (Å²) in [5, 5.41) is 5.39. The molecule has 0 bridgehead atoms. The number of carbonyl (C=O) groups is 1. The fraction of sp³-hybridized carbons (Fsp3) is 0.833. The number of rotatable bonds is 2. The van der Waals surface area contributed by atoms with Gasteiger partial charge in [-0.05, 0) is 13.2 Å². The molecule has 1 fully saturated rings. The van der Waals surface area contributed by atoms with E-state index in [1.54, 1.807) is 11.8 Å². The van der Waals surface area contributed by atoms with Gasteiger partial charge in [0.05, 0.1) is 6.04 Å². The molecule has 1 heterocycles. The van der Waals surface area contributed by atoms with Crippen LogP contribution in [0.15, 0.2) is 0 Å². The van der Waals surface area contributed by atoms with E-state index in [-0.39, 0.29) is 12.1 Å². The van der Waals surface area contributed by atoms with Crippen molar-refractivity contribution >= 4 is 17.8 Å². The maximum atomic E-state index is 10.8. The lowest BCUT2D eigenvalue weighted by Gasteiger charge is -2.24. The number of nitrogens with one attached hydrogen (secondary N) is 2. The Balaban J connectivity index is 2.58. The Hall–Kier alpha value is -0.420. The Kier molecular flexibility index (Phi) is 2.29. The highest BCUT2D eigenvalue weighted by atomic mass is 32.2. The van der Waals surface area contributed by atoms with Gasteiger partial charge < -0.3 is 16.4 Å². The monoisotopic (exact) mass is 175 g/mol. The molecule has 5 heteroatoms. The summed E-state index contributed by atoms with van der Waals surface area (Å²) in [6.45, 7) is 1.81. The fourth-order valence-corrected chi connectivity index (χ4v) is 1.82. The second-order valence-corrected chi connectivity index (χ2v) is 3.80. The smallest absolute Gasteiger partial charge is 0.316 e. The van der Waals surface area contributed by atoms with Crippen molar-refractivity contribution in [3.8, 4) is 0 Å². The van der Waals surface area contributed by atoms with Crippen LogP contribution in [0.2, 0.25) is 0 Å². The molecule has 0 spiro atoms. The molecule has 1 aliphatic heterocycles. The van der Waals surface area contributed by atoms with Crippen LogP contribution in [-0.4, -0.2) is 29.7 Å². The van der Waals surface area contributed by atoms with Crippen LogP contribution in [0.5, 0.6) is 0 Å². The predicted molar refractivity (Wildman–Crippen MR) is 46.4 cm³/mol. The number of amides is 2. The lowest BCUT2D eigenvalue weighted by Crippen LogP contribution is -2.55. The van der Waals surface area contributed by atoms with Crippen LogP contribution >= 0.6 is 11.8 Å². The molecule has 4 N–H and O–H groups in total. The Morgan fingerprint density at radius 1 is 1.82 bits per heavy atom. The Labute approximate surface area is 70.3 Å². The normalized spacial score (nSPS) is 36.6. The summed E-state index contributed by atoms with van der Waals surface area (Å²) in [5.74, 6) is 0.839. The number of thioether (sulfide) groups is 1. The highest BCUT2D eigenvalue weighted by Crippen LogP contribution is 2.12. The minimum atomic E-state index is -0.597. The first-order valence-corrected chi connectivity index (χ1v) is 4.82. The molecule has 64 valence electrons. The zero-order valence-corrected chi connectivity index (χ0v) is 7.49. The van der Waals surface area contributed by atoms with Gasteiger partial charge in [0.15, 0.2) is 0 Å². The van der Waals surface area contributed by atoms with Gasteiger partial charge in [-0.3, -0.25) is 0 Å². The van der Waals surface area contributed by atoms with Gasteiger partial charge in [0.1, 0.15) is 5.66 Å². The Morgan fingerprint density at radius 3 is 2.82 bits per heavy atom. The molecule has 4 nitrogen and oxygen atoms in total. The van der Waals surface area contributed by atoms with Gasteiger partial charge in [0.25, 0.3) is 0 Å². The Bertz CT molecular complexity index is 171. The van der Waals surface area contributed by atoms with E-state index in [0.29, 0.717) is 0 Å². The summed E-state index contributed by atoms with van der Waals surface area (Å²) >= 11 is 1.67. The van der Waals surface area contributed by atoms with Crippen LogP contribution < -0.4 is 16.4 Å². The molecule has 0 aliphatic carbocycles. The molecule has 0 radical (unpaired) electrons. The fourth-order valence-electron chi connectivity index (χ4n) is 1.06. The van der Waals surface area contributed by atoms with Crippen molar-refractivity contribution in [2.24, 2.45) is 5.73 Å². The third-order valence-corrected chi connectivity index (χ3v) is 2.41. The third-order valence-electron chi connectivity index (χ3n) is 1.75. The minimum Gasteiger partial charge on any atom is -0.331 e. The van der Waals surface area contributed by atoms with E-state index in [1.807, 2.05) is 13.2 Å². The molecule has 1 saturated heterocycles. The van der Waals surface area contributed by atoms with Crippen molar-refractivity contribution in [2.45, 2.75) is 18.6 Å². The summed E-state index contributed by atoms with van der Waals surface area (Å²) in [7, 11) is 0. The number of hydrogen-bond donors (Lipinski definition) is 3. The predicted octanol–water partition coefficient (Wildman–Crippen LogP) is -0.294. The lowest BCUT2D eigenvalue weighted by molar-refractivity contribution is 0.245. The average molecular weight is 175 g/mol. The summed E-state index contributed by atoms with van der Waals surface area (Å²) in [5.41, 5.74) is 5.19. The Morgan fingerprint density at radius 2 is 2.45 bits per heavy atom. The van der Waals surface area contributed by atoms with Crippen molar-refractivity contribution in [1.82, 2.24) is 10.6 Å². The largest absolute Gasteiger partial charge is 0.331 e. The van der Waals surface area contributed by atoms with Gasteiger partial charge in [-0.25, -0.2) is 4.79 Å². The number of hydrogen-bond acceptors (Lipinski definition) is 3. The van der Waals surface area contributed by atoms with Crippen molar-refractivity contribution < 1.29 is 4.79 Å². The molecule has 2 amide bonds. The van der Waals surface area contributed by atoms with Gasteiger partial charge in [-0.2, -0.15) is 11.8 Å². The molecule has 0 aromatic rings. The molecule has 1 rings (SSSR count). The van der Waals surface area contributed by atoms with E-state index in [9.17, 15) is 4.79 Å². The van der Waals surface area contributed by atoms with E-state index >= 15 is 0 Å². The van der Waals surface area contributed by atoms with Crippen molar-refractivity contribution in [2.75, 3.05) is 12.0 Å². The van der Waals surface area contributed by atoms with E-state index < -0.39 is 5.66 Å². The first-order valence-electron chi connectivity index (χ1n) is 3.43. The average Bonchev–Trinajstić information content (AvgIpc) is 2.07. The van der Waals surface area contributed by atoms with Gasteiger partial charge >= 0.3 is 6.03 Å². The maximum Gasteiger partial charge on any atom is 0.316 e. The van der Waals surface area contributed by atoms with Crippen molar-refractivity contribution in [3.63, 3.8) is 0 Å². The van der Waals surface area contributed by atoms with Crippen LogP contribution in [-0.2, 0) is 0 Å². The van der Waals surface area contributed by atoms with Crippen LogP contribution in [0.1, 0.15) is 6.92 Å². The summed E-state index contributed by atoms with van der Waals surface area (Å²) in [4.78, 5) is 10.8. The van der Waals surface area contributed by atoms with E-state index in [0.717, 1.165) is 5.75 Å². The molecule has 2 unspecified atom stereocenters. The molecule has 0 aromatic heterocycles. The molecule has 2 atom stereocenters. The summed E-state index contributed by atoms with van der Waals surface area (Å²) in [6.07, 6.45) is 1.99. The molecule has 1 aliphatic rings. The van der Waals surface area contributed by atoms with E-state index in [2.05, 4.69) is 10.6 Å². The summed E-state index contributed by atoms with van der Waals surface area (Å²) in [6, 6.07) is -0.140. The standard InChI is InChI=1S/C6H13N3OS/c1-6(7)4(3-11-2)8-5(10)9-6/h4H,3,7H2,1-2H3,(H2,8,9,10). The van der Waals surface area contributed by atoms with Gasteiger partial charge in [0.2, 0.25) is 0 Å². The summed E-state index contributed by atoms with van der Waals surface area (Å²) < 4.78 is 0. The van der Waals surface area contributed by atoms with Crippen LogP contribution in [0, 0.1) is 0 Å². The molecular formula is C6H13N3OS. The second kappa shape index (κ2) is 2.91. The molecule has 0 saturated carbocycles. The number of carbonyl (C=O) groups excluding carboxylic acids is 1. The van der Waals surface area contributed by atoms with E-state index in [4.69, 9.17) is 5.73 Å². The molecule has 11 heavy (non-hydrogen) atoms. The van der Waals surface area contributed by atoms with Crippen molar-refractivity contribution in [3.05, 3.63) is 0 Å². The first-order chi connectivity index (χ1) is 5.06. The molecular weight excluding hydrogens is 162 g/mol.